The molecule has 1 N–H and O–H groups in total. The van der Waals surface area contributed by atoms with E-state index in [1.54, 1.807) is 6.92 Å². The fraction of sp³-hybridized carbons (Fsp3) is 0.200. The molecule has 2 aromatic rings. The third kappa shape index (κ3) is 4.33. The lowest BCUT2D eigenvalue weighted by atomic mass is 10.2. The van der Waals surface area contributed by atoms with Crippen molar-refractivity contribution in [3.8, 4) is 5.75 Å². The summed E-state index contributed by atoms with van der Waals surface area (Å²) in [6, 6.07) is 7.72. The molecule has 24 heavy (non-hydrogen) atoms. The number of sulfonamides is 1. The lowest BCUT2D eigenvalue weighted by Gasteiger charge is -2.12. The van der Waals surface area contributed by atoms with Crippen LogP contribution in [0, 0.1) is 0 Å². The van der Waals surface area contributed by atoms with Crippen LogP contribution in [0.5, 0.6) is 5.75 Å². The van der Waals surface area contributed by atoms with Crippen LogP contribution in [-0.4, -0.2) is 15.0 Å². The number of nitrogens with one attached hydrogen (secondary N) is 1. The van der Waals surface area contributed by atoms with E-state index in [4.69, 9.17) is 16.3 Å². The molecule has 4 nitrogen and oxygen atoms in total. The van der Waals surface area contributed by atoms with Crippen LogP contribution in [0.15, 0.2) is 47.4 Å². The van der Waals surface area contributed by atoms with E-state index in [1.807, 2.05) is 0 Å². The zero-order valence-corrected chi connectivity index (χ0v) is 14.0. The fourth-order valence-corrected chi connectivity index (χ4v) is 3.27. The fourth-order valence-electron chi connectivity index (χ4n) is 1.89. The Kier molecular flexibility index (Phi) is 5.29. The molecule has 0 saturated heterocycles. The van der Waals surface area contributed by atoms with Crippen molar-refractivity contribution in [2.24, 2.45) is 0 Å². The van der Waals surface area contributed by atoms with E-state index in [0.29, 0.717) is 18.4 Å². The number of hydrogen-bond acceptors (Lipinski definition) is 3. The van der Waals surface area contributed by atoms with Crippen LogP contribution in [0.2, 0.25) is 5.02 Å². The van der Waals surface area contributed by atoms with E-state index >= 15 is 0 Å². The summed E-state index contributed by atoms with van der Waals surface area (Å²) in [4.78, 5) is -0.187. The summed E-state index contributed by atoms with van der Waals surface area (Å²) in [5, 5.41) is 0.0868. The van der Waals surface area contributed by atoms with E-state index in [2.05, 4.69) is 4.72 Å². The topological polar surface area (TPSA) is 55.4 Å². The first-order chi connectivity index (χ1) is 11.1. The van der Waals surface area contributed by atoms with Crippen molar-refractivity contribution in [2.75, 3.05) is 11.3 Å². The van der Waals surface area contributed by atoms with Gasteiger partial charge in [0.2, 0.25) is 0 Å². The Morgan fingerprint density at radius 1 is 1.17 bits per heavy atom. The van der Waals surface area contributed by atoms with Crippen LogP contribution in [0.4, 0.5) is 18.9 Å². The molecule has 0 heterocycles. The number of rotatable bonds is 5. The second kappa shape index (κ2) is 6.90. The van der Waals surface area contributed by atoms with Crippen molar-refractivity contribution >= 4 is 27.3 Å². The molecule has 0 amide bonds. The molecular formula is C15H13ClF3NO3S. The molecule has 0 aromatic heterocycles. The Bertz CT molecular complexity index is 838. The summed E-state index contributed by atoms with van der Waals surface area (Å²) in [7, 11) is -4.09. The Morgan fingerprint density at radius 3 is 2.46 bits per heavy atom. The standard InChI is InChI=1S/C15H13ClF3NO3S/c1-2-23-14-7-6-12(9-13(14)16)24(21,22)20-11-5-3-4-10(8-11)15(17,18)19/h3-9,20H,2H2,1H3. The summed E-state index contributed by atoms with van der Waals surface area (Å²) in [5.41, 5.74) is -1.15. The zero-order valence-electron chi connectivity index (χ0n) is 12.4. The predicted molar refractivity (Wildman–Crippen MR) is 84.9 cm³/mol. The molecule has 9 heteroatoms. The third-order valence-corrected chi connectivity index (χ3v) is 4.63. The van der Waals surface area contributed by atoms with Crippen LogP contribution in [-0.2, 0) is 16.2 Å². The van der Waals surface area contributed by atoms with Crippen LogP contribution in [0.25, 0.3) is 0 Å². The summed E-state index contributed by atoms with van der Waals surface area (Å²) in [5.74, 6) is 0.317. The minimum Gasteiger partial charge on any atom is -0.492 e. The Labute approximate surface area is 142 Å². The Morgan fingerprint density at radius 2 is 1.88 bits per heavy atom. The highest BCUT2D eigenvalue weighted by Gasteiger charge is 2.30. The van der Waals surface area contributed by atoms with Gasteiger partial charge < -0.3 is 4.74 Å². The van der Waals surface area contributed by atoms with Gasteiger partial charge in [0.25, 0.3) is 10.0 Å². The first kappa shape index (κ1) is 18.4. The highest BCUT2D eigenvalue weighted by atomic mass is 35.5. The summed E-state index contributed by atoms with van der Waals surface area (Å²) in [6.45, 7) is 2.10. The molecule has 130 valence electrons. The second-order valence-electron chi connectivity index (χ2n) is 4.71. The van der Waals surface area contributed by atoms with Gasteiger partial charge in [-0.3, -0.25) is 4.72 Å². The molecule has 0 spiro atoms. The zero-order chi connectivity index (χ0) is 18.0. The van der Waals surface area contributed by atoms with E-state index in [-0.39, 0.29) is 15.6 Å². The van der Waals surface area contributed by atoms with Crippen LogP contribution in [0.3, 0.4) is 0 Å². The normalized spacial score (nSPS) is 12.0. The first-order valence-corrected chi connectivity index (χ1v) is 8.62. The Hall–Kier alpha value is -1.93. The predicted octanol–water partition coefficient (Wildman–Crippen LogP) is 4.56. The maximum Gasteiger partial charge on any atom is 0.416 e. The van der Waals surface area contributed by atoms with Crippen molar-refractivity contribution in [3.05, 3.63) is 53.1 Å². The largest absolute Gasteiger partial charge is 0.492 e. The molecule has 0 atom stereocenters. The smallest absolute Gasteiger partial charge is 0.416 e. The van der Waals surface area contributed by atoms with Gasteiger partial charge in [0.1, 0.15) is 5.75 Å². The van der Waals surface area contributed by atoms with E-state index in [1.165, 1.54) is 24.3 Å². The van der Waals surface area contributed by atoms with Crippen molar-refractivity contribution in [1.29, 1.82) is 0 Å². The molecule has 2 rings (SSSR count). The molecule has 0 aliphatic carbocycles. The lowest BCUT2D eigenvalue weighted by Crippen LogP contribution is -2.14. The van der Waals surface area contributed by atoms with Crippen molar-refractivity contribution in [2.45, 2.75) is 18.0 Å². The molecule has 0 unspecified atom stereocenters. The van der Waals surface area contributed by atoms with E-state index in [9.17, 15) is 21.6 Å². The van der Waals surface area contributed by atoms with E-state index in [0.717, 1.165) is 12.1 Å². The van der Waals surface area contributed by atoms with Crippen LogP contribution < -0.4 is 9.46 Å². The summed E-state index contributed by atoms with van der Waals surface area (Å²) >= 11 is 5.94. The lowest BCUT2D eigenvalue weighted by molar-refractivity contribution is -0.137. The molecule has 2 aromatic carbocycles. The van der Waals surface area contributed by atoms with Gasteiger partial charge in [-0.1, -0.05) is 17.7 Å². The van der Waals surface area contributed by atoms with Gasteiger partial charge in [-0.2, -0.15) is 13.2 Å². The number of benzene rings is 2. The molecule has 0 aliphatic heterocycles. The molecular weight excluding hydrogens is 367 g/mol. The number of anilines is 1. The maximum atomic E-state index is 12.7. The molecule has 0 bridgehead atoms. The minimum atomic E-state index is -4.57. The number of hydrogen-bond donors (Lipinski definition) is 1. The maximum absolute atomic E-state index is 12.7. The van der Waals surface area contributed by atoms with Crippen LogP contribution >= 0.6 is 11.6 Å². The summed E-state index contributed by atoms with van der Waals surface area (Å²) < 4.78 is 69.9. The van der Waals surface area contributed by atoms with Gasteiger partial charge in [0.15, 0.2) is 0 Å². The highest BCUT2D eigenvalue weighted by molar-refractivity contribution is 7.92. The van der Waals surface area contributed by atoms with E-state index < -0.39 is 21.8 Å². The summed E-state index contributed by atoms with van der Waals surface area (Å²) in [6.07, 6.45) is -4.57. The third-order valence-electron chi connectivity index (χ3n) is 2.96. The molecule has 0 saturated carbocycles. The van der Waals surface area contributed by atoms with Gasteiger partial charge in [0.05, 0.1) is 22.1 Å². The molecule has 0 fully saturated rings. The number of ether oxygens (including phenoxy) is 1. The highest BCUT2D eigenvalue weighted by Crippen LogP contribution is 2.32. The second-order valence-corrected chi connectivity index (χ2v) is 6.80. The average Bonchev–Trinajstić information content (AvgIpc) is 2.48. The Balaban J connectivity index is 2.30. The quantitative estimate of drug-likeness (QED) is 0.828. The monoisotopic (exact) mass is 379 g/mol. The molecule has 0 aliphatic rings. The van der Waals surface area contributed by atoms with Gasteiger partial charge in [-0.25, -0.2) is 8.42 Å². The van der Waals surface area contributed by atoms with Gasteiger partial charge >= 0.3 is 6.18 Å². The van der Waals surface area contributed by atoms with Crippen LogP contribution in [0.1, 0.15) is 12.5 Å². The van der Waals surface area contributed by atoms with Gasteiger partial charge in [-0.05, 0) is 43.3 Å². The average molecular weight is 380 g/mol. The SMILES string of the molecule is CCOc1ccc(S(=O)(=O)Nc2cccc(C(F)(F)F)c2)cc1Cl. The van der Waals surface area contributed by atoms with Crippen molar-refractivity contribution in [1.82, 2.24) is 0 Å². The minimum absolute atomic E-state index is 0.0868. The number of alkyl halides is 3. The molecule has 0 radical (unpaired) electrons. The van der Waals surface area contributed by atoms with Crippen molar-refractivity contribution in [3.63, 3.8) is 0 Å². The van der Waals surface area contributed by atoms with Gasteiger partial charge in [0, 0.05) is 5.69 Å². The van der Waals surface area contributed by atoms with Gasteiger partial charge in [-0.15, -0.1) is 0 Å². The first-order valence-electron chi connectivity index (χ1n) is 6.76. The van der Waals surface area contributed by atoms with Crippen molar-refractivity contribution < 1.29 is 26.3 Å². The number of halogens is 4.